The van der Waals surface area contributed by atoms with E-state index in [-0.39, 0.29) is 39.4 Å². The van der Waals surface area contributed by atoms with E-state index in [2.05, 4.69) is 5.32 Å². The third-order valence-electron chi connectivity index (χ3n) is 9.60. The Bertz CT molecular complexity index is 1480. The first kappa shape index (κ1) is 35.9. The number of carbonyl (C=O) groups excluding carboxylic acids is 3. The Labute approximate surface area is 284 Å². The number of rotatable bonds is 8. The summed E-state index contributed by atoms with van der Waals surface area (Å²) >= 11 is 0. The van der Waals surface area contributed by atoms with Gasteiger partial charge in [0.2, 0.25) is 0 Å². The summed E-state index contributed by atoms with van der Waals surface area (Å²) in [6.07, 6.45) is -1.83. The second kappa shape index (κ2) is 14.6. The van der Waals surface area contributed by atoms with Gasteiger partial charge in [-0.25, -0.2) is 23.2 Å². The van der Waals surface area contributed by atoms with Crippen LogP contribution in [0.15, 0.2) is 60.7 Å². The number of nitrogens with one attached hydrogen (secondary N) is 1. The van der Waals surface area contributed by atoms with Crippen LogP contribution in [0.4, 0.5) is 23.2 Å². The minimum Gasteiger partial charge on any atom is -0.481 e. The molecule has 2 saturated heterocycles. The number of aliphatic carboxylic acids is 1. The molecule has 0 aromatic heterocycles. The molecule has 2 saturated carbocycles. The number of ether oxygens (including phenoxy) is 3. The molecule has 2 heterocycles. The highest BCUT2D eigenvalue weighted by Crippen LogP contribution is 2.55. The second-order valence-electron chi connectivity index (χ2n) is 14.4. The minimum atomic E-state index is -1.30. The molecule has 2 aromatic rings. The number of halogens is 2. The minimum absolute atomic E-state index is 0.0178. The number of nitrogens with zero attached hydrogens (tertiary/aromatic N) is 2. The summed E-state index contributed by atoms with van der Waals surface area (Å²) in [5.74, 6) is -2.04. The van der Waals surface area contributed by atoms with E-state index in [1.807, 2.05) is 60.7 Å². The molecule has 2 aliphatic carbocycles. The maximum atomic E-state index is 14.6. The molecule has 6 rings (SSSR count). The molecule has 4 atom stereocenters. The fourth-order valence-corrected chi connectivity index (χ4v) is 6.60. The van der Waals surface area contributed by atoms with Gasteiger partial charge in [0.15, 0.2) is 0 Å². The predicted molar refractivity (Wildman–Crippen MR) is 174 cm³/mol. The molecule has 49 heavy (non-hydrogen) atoms. The molecule has 11 nitrogen and oxygen atoms in total. The van der Waals surface area contributed by atoms with Crippen LogP contribution in [0.2, 0.25) is 0 Å². The van der Waals surface area contributed by atoms with Crippen molar-refractivity contribution in [1.29, 1.82) is 0 Å². The molecule has 266 valence electrons. The molecule has 3 amide bonds. The largest absolute Gasteiger partial charge is 0.481 e. The van der Waals surface area contributed by atoms with Crippen molar-refractivity contribution in [2.45, 2.75) is 83.2 Å². The van der Waals surface area contributed by atoms with Gasteiger partial charge in [-0.05, 0) is 57.6 Å². The van der Waals surface area contributed by atoms with Crippen LogP contribution in [0, 0.1) is 17.3 Å². The quantitative estimate of drug-likeness (QED) is 0.318. The van der Waals surface area contributed by atoms with Gasteiger partial charge in [-0.15, -0.1) is 0 Å². The van der Waals surface area contributed by atoms with Crippen LogP contribution in [0.3, 0.4) is 0 Å². The molecule has 2 N–H and O–H groups in total. The van der Waals surface area contributed by atoms with E-state index >= 15 is 0 Å². The molecule has 13 heteroatoms. The van der Waals surface area contributed by atoms with Crippen molar-refractivity contribution in [3.05, 3.63) is 71.8 Å². The third kappa shape index (κ3) is 8.98. The summed E-state index contributed by atoms with van der Waals surface area (Å²) in [5.41, 5.74) is -0.487. The lowest BCUT2D eigenvalue weighted by atomic mass is 9.87. The summed E-state index contributed by atoms with van der Waals surface area (Å²) < 4.78 is 44.6. The molecule has 0 spiro atoms. The Hall–Kier alpha value is -4.42. The van der Waals surface area contributed by atoms with E-state index in [0.717, 1.165) is 11.1 Å². The highest BCUT2D eigenvalue weighted by atomic mass is 19.1. The summed E-state index contributed by atoms with van der Waals surface area (Å²) in [5, 5.41) is 12.1. The van der Waals surface area contributed by atoms with Crippen molar-refractivity contribution in [3.63, 3.8) is 0 Å². The van der Waals surface area contributed by atoms with Crippen LogP contribution in [-0.2, 0) is 32.2 Å². The number of benzene rings is 2. The molecule has 2 aromatic carbocycles. The van der Waals surface area contributed by atoms with Gasteiger partial charge < -0.3 is 34.4 Å². The number of hydrogen-bond acceptors (Lipinski definition) is 7. The first-order valence-electron chi connectivity index (χ1n) is 16.7. The van der Waals surface area contributed by atoms with Gasteiger partial charge in [0.1, 0.15) is 31.2 Å². The summed E-state index contributed by atoms with van der Waals surface area (Å²) in [4.78, 5) is 50.4. The van der Waals surface area contributed by atoms with Crippen molar-refractivity contribution in [3.8, 4) is 0 Å². The number of hydrogen-bond donors (Lipinski definition) is 2. The van der Waals surface area contributed by atoms with Crippen LogP contribution in [-0.4, -0.2) is 88.8 Å². The number of carboxylic acid groups (broad SMARTS) is 1. The fraction of sp³-hybridized carbons (Fsp3) is 0.556. The Balaban J connectivity index is 0.000000195. The lowest BCUT2D eigenvalue weighted by Gasteiger charge is -2.27. The zero-order valence-corrected chi connectivity index (χ0v) is 28.1. The Morgan fingerprint density at radius 3 is 1.61 bits per heavy atom. The maximum absolute atomic E-state index is 14.6. The standard InChI is InChI=1S/C20H27FN2O4.C16H18FNO4/c1-19(2,3)27-17(24)22-20(9-10-20)15-11-23(12-16(15)21)18(25)26-13-14-7-5-4-6-8-14;17-13-9-18(8-12(13)16(6-7-16)14(19)20)15(21)22-10-11-4-2-1-3-5-11/h4-8,15-16H,9-13H2,1-3H3,(H,22,24);1-5,12-13H,6-10H2,(H,19,20)/t15-,16+;12-,13+/m00/s1. The number of alkyl halides is 2. The highest BCUT2D eigenvalue weighted by molar-refractivity contribution is 5.79. The van der Waals surface area contributed by atoms with Gasteiger partial charge in [0.25, 0.3) is 0 Å². The van der Waals surface area contributed by atoms with E-state index in [1.165, 1.54) is 9.80 Å². The van der Waals surface area contributed by atoms with Gasteiger partial charge >= 0.3 is 24.2 Å². The summed E-state index contributed by atoms with van der Waals surface area (Å²) in [6.45, 7) is 5.86. The third-order valence-corrected chi connectivity index (χ3v) is 9.60. The second-order valence-corrected chi connectivity index (χ2v) is 14.4. The Morgan fingerprint density at radius 2 is 1.20 bits per heavy atom. The normalized spacial score (nSPS) is 24.6. The zero-order valence-electron chi connectivity index (χ0n) is 28.1. The fourth-order valence-electron chi connectivity index (χ4n) is 6.60. The molecule has 4 fully saturated rings. The van der Waals surface area contributed by atoms with Crippen molar-refractivity contribution in [2.75, 3.05) is 26.2 Å². The lowest BCUT2D eigenvalue weighted by Crippen LogP contribution is -2.48. The Morgan fingerprint density at radius 1 is 0.755 bits per heavy atom. The van der Waals surface area contributed by atoms with Gasteiger partial charge in [-0.2, -0.15) is 0 Å². The molecule has 4 aliphatic rings. The first-order valence-corrected chi connectivity index (χ1v) is 16.7. The van der Waals surface area contributed by atoms with E-state index in [4.69, 9.17) is 14.2 Å². The smallest absolute Gasteiger partial charge is 0.410 e. The molecule has 0 unspecified atom stereocenters. The van der Waals surface area contributed by atoms with Gasteiger partial charge in [0.05, 0.1) is 24.0 Å². The molecule has 0 bridgehead atoms. The van der Waals surface area contributed by atoms with Gasteiger partial charge in [0, 0.05) is 24.9 Å². The average Bonchev–Trinajstić information content (AvgIpc) is 3.96. The van der Waals surface area contributed by atoms with Crippen LogP contribution in [0.25, 0.3) is 0 Å². The van der Waals surface area contributed by atoms with E-state index < -0.39 is 65.0 Å². The van der Waals surface area contributed by atoms with Gasteiger partial charge in [-0.3, -0.25) is 4.79 Å². The lowest BCUT2D eigenvalue weighted by molar-refractivity contribution is -0.146. The van der Waals surface area contributed by atoms with Crippen molar-refractivity contribution >= 4 is 24.2 Å². The van der Waals surface area contributed by atoms with Crippen molar-refractivity contribution in [2.24, 2.45) is 17.3 Å². The van der Waals surface area contributed by atoms with Crippen molar-refractivity contribution < 1.29 is 47.3 Å². The monoisotopic (exact) mass is 685 g/mol. The van der Waals surface area contributed by atoms with Crippen LogP contribution in [0.5, 0.6) is 0 Å². The van der Waals surface area contributed by atoms with Crippen molar-refractivity contribution in [1.82, 2.24) is 15.1 Å². The van der Waals surface area contributed by atoms with Crippen LogP contribution in [0.1, 0.15) is 57.6 Å². The highest BCUT2D eigenvalue weighted by Gasteiger charge is 2.61. The molecular formula is C36H45F2N3O8. The van der Waals surface area contributed by atoms with E-state index in [9.17, 15) is 33.1 Å². The molecular weight excluding hydrogens is 640 g/mol. The molecule has 0 radical (unpaired) electrons. The Kier molecular flexibility index (Phi) is 10.7. The number of carbonyl (C=O) groups is 4. The topological polar surface area (TPSA) is 135 Å². The molecule has 2 aliphatic heterocycles. The zero-order chi connectivity index (χ0) is 35.4. The van der Waals surface area contributed by atoms with Crippen LogP contribution >= 0.6 is 0 Å². The summed E-state index contributed by atoms with van der Waals surface area (Å²) in [7, 11) is 0. The number of alkyl carbamates (subject to hydrolysis) is 1. The van der Waals surface area contributed by atoms with E-state index in [1.54, 1.807) is 20.8 Å². The maximum Gasteiger partial charge on any atom is 0.410 e. The average molecular weight is 686 g/mol. The van der Waals surface area contributed by atoms with Gasteiger partial charge in [-0.1, -0.05) is 60.7 Å². The summed E-state index contributed by atoms with van der Waals surface area (Å²) in [6, 6.07) is 18.6. The first-order chi connectivity index (χ1) is 23.2. The predicted octanol–water partition coefficient (Wildman–Crippen LogP) is 6.11. The number of likely N-dealkylation sites (tertiary alicyclic amines) is 2. The van der Waals surface area contributed by atoms with Crippen LogP contribution < -0.4 is 5.32 Å². The number of amides is 3. The SMILES string of the molecule is CC(C)(C)OC(=O)NC1([C@H]2CN(C(=O)OCc3ccccc3)C[C@H]2F)CC1.O=C(OCc1ccccc1)N1C[C@@H](F)[C@@H](C2(C(=O)O)CC2)C1. The number of carboxylic acids is 1. The van der Waals surface area contributed by atoms with E-state index in [0.29, 0.717) is 25.7 Å².